The molecule has 0 unspecified atom stereocenters. The van der Waals surface area contributed by atoms with Gasteiger partial charge in [0, 0.05) is 0 Å². The van der Waals surface area contributed by atoms with Gasteiger partial charge in [0.1, 0.15) is 11.5 Å². The summed E-state index contributed by atoms with van der Waals surface area (Å²) in [5, 5.41) is 0. The molecule has 0 bridgehead atoms. The van der Waals surface area contributed by atoms with Crippen LogP contribution in [0.2, 0.25) is 0 Å². The third-order valence-corrected chi connectivity index (χ3v) is 7.64. The van der Waals surface area contributed by atoms with Gasteiger partial charge in [0.25, 0.3) is 0 Å². The van der Waals surface area contributed by atoms with E-state index >= 15 is 0 Å². The number of para-hydroxylation sites is 1. The van der Waals surface area contributed by atoms with E-state index in [2.05, 4.69) is 44.2 Å². The number of benzene rings is 2. The Labute approximate surface area is 230 Å². The first-order valence-corrected chi connectivity index (χ1v) is 16.2. The fourth-order valence-corrected chi connectivity index (χ4v) is 5.33. The first kappa shape index (κ1) is 31.5. The van der Waals surface area contributed by atoms with Gasteiger partial charge in [-0.1, -0.05) is 154 Å². The van der Waals surface area contributed by atoms with E-state index < -0.39 is 0 Å². The molecular formula is C36H58O. The Hall–Kier alpha value is -1.76. The molecule has 0 saturated carbocycles. The van der Waals surface area contributed by atoms with Crippen LogP contribution in [-0.4, -0.2) is 0 Å². The van der Waals surface area contributed by atoms with Crippen molar-refractivity contribution in [3.8, 4) is 11.5 Å². The first-order valence-electron chi connectivity index (χ1n) is 16.2. The van der Waals surface area contributed by atoms with E-state index in [-0.39, 0.29) is 0 Å². The topological polar surface area (TPSA) is 9.23 Å². The lowest BCUT2D eigenvalue weighted by Crippen LogP contribution is -1.94. The van der Waals surface area contributed by atoms with Crippen LogP contribution >= 0.6 is 0 Å². The Kier molecular flexibility index (Phi) is 18.9. The van der Waals surface area contributed by atoms with E-state index in [1.54, 1.807) is 0 Å². The fraction of sp³-hybridized carbons (Fsp3) is 0.667. The lowest BCUT2D eigenvalue weighted by Gasteiger charge is -2.12. The van der Waals surface area contributed by atoms with E-state index in [0.717, 1.165) is 11.5 Å². The molecular weight excluding hydrogens is 448 g/mol. The van der Waals surface area contributed by atoms with Crippen LogP contribution in [0.15, 0.2) is 48.5 Å². The second-order valence-corrected chi connectivity index (χ2v) is 11.3. The average molecular weight is 507 g/mol. The summed E-state index contributed by atoms with van der Waals surface area (Å²) in [6.07, 6.45) is 30.2. The summed E-state index contributed by atoms with van der Waals surface area (Å²) in [5.41, 5.74) is 2.91. The van der Waals surface area contributed by atoms with Crippen LogP contribution in [0.25, 0.3) is 0 Å². The quantitative estimate of drug-likeness (QED) is 0.129. The van der Waals surface area contributed by atoms with Gasteiger partial charge >= 0.3 is 0 Å². The van der Waals surface area contributed by atoms with Gasteiger partial charge in [-0.05, 0) is 61.1 Å². The fourth-order valence-electron chi connectivity index (χ4n) is 5.33. The number of aryl methyl sites for hydroxylation is 2. The molecule has 208 valence electrons. The van der Waals surface area contributed by atoms with E-state index in [0.29, 0.717) is 0 Å². The van der Waals surface area contributed by atoms with Crippen molar-refractivity contribution in [2.45, 2.75) is 155 Å². The lowest BCUT2D eigenvalue weighted by molar-refractivity contribution is 0.480. The van der Waals surface area contributed by atoms with Gasteiger partial charge in [0.15, 0.2) is 0 Å². The number of ether oxygens (including phenoxy) is 1. The van der Waals surface area contributed by atoms with Crippen molar-refractivity contribution in [3.05, 3.63) is 59.7 Å². The van der Waals surface area contributed by atoms with Crippen LogP contribution in [0, 0.1) is 0 Å². The van der Waals surface area contributed by atoms with Gasteiger partial charge in [-0.25, -0.2) is 0 Å². The number of hydrogen-bond donors (Lipinski definition) is 0. The van der Waals surface area contributed by atoms with Gasteiger partial charge in [-0.2, -0.15) is 0 Å². The summed E-state index contributed by atoms with van der Waals surface area (Å²) in [6.45, 7) is 4.59. The Morgan fingerprint density at radius 1 is 0.405 bits per heavy atom. The van der Waals surface area contributed by atoms with Crippen molar-refractivity contribution >= 4 is 0 Å². The van der Waals surface area contributed by atoms with Gasteiger partial charge in [-0.15, -0.1) is 0 Å². The third-order valence-electron chi connectivity index (χ3n) is 7.64. The van der Waals surface area contributed by atoms with Crippen molar-refractivity contribution in [3.63, 3.8) is 0 Å². The van der Waals surface area contributed by atoms with Crippen LogP contribution in [0.5, 0.6) is 11.5 Å². The Balaban J connectivity index is 1.72. The van der Waals surface area contributed by atoms with E-state index in [1.165, 1.54) is 152 Å². The monoisotopic (exact) mass is 506 g/mol. The van der Waals surface area contributed by atoms with Crippen molar-refractivity contribution in [1.82, 2.24) is 0 Å². The van der Waals surface area contributed by atoms with Crippen LogP contribution in [0.3, 0.4) is 0 Å². The summed E-state index contributed by atoms with van der Waals surface area (Å²) in [6, 6.07) is 17.3. The molecule has 1 nitrogen and oxygen atoms in total. The van der Waals surface area contributed by atoms with Crippen molar-refractivity contribution < 1.29 is 4.74 Å². The molecule has 0 atom stereocenters. The Bertz CT molecular complexity index is 723. The number of rotatable bonds is 24. The molecule has 0 aliphatic carbocycles. The molecule has 2 aromatic carbocycles. The molecule has 0 fully saturated rings. The molecule has 37 heavy (non-hydrogen) atoms. The minimum atomic E-state index is 0.934. The Morgan fingerprint density at radius 2 is 0.784 bits per heavy atom. The molecule has 0 radical (unpaired) electrons. The number of hydrogen-bond acceptors (Lipinski definition) is 1. The average Bonchev–Trinajstić information content (AvgIpc) is 2.91. The Morgan fingerprint density at radius 3 is 1.19 bits per heavy atom. The van der Waals surface area contributed by atoms with Crippen LogP contribution < -0.4 is 4.74 Å². The molecule has 2 aromatic rings. The molecule has 0 N–H and O–H groups in total. The lowest BCUT2D eigenvalue weighted by atomic mass is 9.99. The molecule has 0 aliphatic rings. The van der Waals surface area contributed by atoms with Gasteiger partial charge < -0.3 is 4.74 Å². The van der Waals surface area contributed by atoms with Crippen LogP contribution in [-0.2, 0) is 12.8 Å². The summed E-state index contributed by atoms with van der Waals surface area (Å²) in [7, 11) is 0. The predicted octanol–water partition coefficient (Wildman–Crippen LogP) is 12.4. The molecule has 0 spiro atoms. The normalized spacial score (nSPS) is 11.2. The number of unbranched alkanes of at least 4 members (excludes halogenated alkanes) is 18. The maximum absolute atomic E-state index is 6.26. The maximum Gasteiger partial charge on any atom is 0.127 e. The molecule has 0 heterocycles. The van der Waals surface area contributed by atoms with Crippen molar-refractivity contribution in [2.75, 3.05) is 0 Å². The second-order valence-electron chi connectivity index (χ2n) is 11.3. The first-order chi connectivity index (χ1) is 18.3. The largest absolute Gasteiger partial charge is 0.457 e. The molecule has 0 saturated heterocycles. The maximum atomic E-state index is 6.26. The van der Waals surface area contributed by atoms with Gasteiger partial charge in [-0.3, -0.25) is 0 Å². The van der Waals surface area contributed by atoms with Crippen LogP contribution in [0.4, 0.5) is 0 Å². The predicted molar refractivity (Wildman–Crippen MR) is 164 cm³/mol. The molecule has 0 aliphatic heterocycles. The van der Waals surface area contributed by atoms with Gasteiger partial charge in [0.2, 0.25) is 0 Å². The highest BCUT2D eigenvalue weighted by Gasteiger charge is 2.05. The van der Waals surface area contributed by atoms with Gasteiger partial charge in [0.05, 0.1) is 0 Å². The highest BCUT2D eigenvalue weighted by atomic mass is 16.5. The minimum Gasteiger partial charge on any atom is -0.457 e. The minimum absolute atomic E-state index is 0.934. The molecule has 0 aromatic heterocycles. The van der Waals surface area contributed by atoms with Crippen LogP contribution in [0.1, 0.15) is 153 Å². The summed E-state index contributed by atoms with van der Waals surface area (Å²) >= 11 is 0. The third kappa shape index (κ3) is 16.6. The summed E-state index contributed by atoms with van der Waals surface area (Å²) in [5.74, 6) is 1.95. The zero-order valence-electron chi connectivity index (χ0n) is 24.6. The summed E-state index contributed by atoms with van der Waals surface area (Å²) in [4.78, 5) is 0. The SMILES string of the molecule is CCCCCCCCCCCCc1cc(CCCCCCCCCCCC)cc(Oc2ccccc2)c1. The highest BCUT2D eigenvalue weighted by Crippen LogP contribution is 2.26. The van der Waals surface area contributed by atoms with E-state index in [4.69, 9.17) is 4.74 Å². The highest BCUT2D eigenvalue weighted by molar-refractivity contribution is 5.38. The summed E-state index contributed by atoms with van der Waals surface area (Å²) < 4.78 is 6.26. The standard InChI is InChI=1S/C36H58O/c1-3-5-7-9-11-13-15-17-19-22-26-33-30-34(27-23-20-18-16-14-12-10-8-6-4-2)32-36(31-33)37-35-28-24-21-25-29-35/h21,24-25,28-32H,3-20,22-23,26-27H2,1-2H3. The van der Waals surface area contributed by atoms with Crippen molar-refractivity contribution in [2.24, 2.45) is 0 Å². The smallest absolute Gasteiger partial charge is 0.127 e. The molecule has 0 amide bonds. The molecule has 2 rings (SSSR count). The zero-order chi connectivity index (χ0) is 26.2. The second kappa shape index (κ2) is 22.2. The molecule has 1 heteroatoms. The van der Waals surface area contributed by atoms with E-state index in [1.807, 2.05) is 18.2 Å². The zero-order valence-corrected chi connectivity index (χ0v) is 24.6. The van der Waals surface area contributed by atoms with E-state index in [9.17, 15) is 0 Å². The van der Waals surface area contributed by atoms with Crippen molar-refractivity contribution in [1.29, 1.82) is 0 Å².